The second-order valence-electron chi connectivity index (χ2n) is 13.9. The lowest BCUT2D eigenvalue weighted by molar-refractivity contribution is -0.117. The Bertz CT molecular complexity index is 1170. The van der Waals surface area contributed by atoms with Gasteiger partial charge in [-0.15, -0.1) is 0 Å². The van der Waals surface area contributed by atoms with Crippen LogP contribution in [0.2, 0.25) is 0 Å². The zero-order valence-electron chi connectivity index (χ0n) is 26.3. The highest BCUT2D eigenvalue weighted by Gasteiger charge is 2.47. The van der Waals surface area contributed by atoms with Crippen LogP contribution in [0.25, 0.3) is 0 Å². The van der Waals surface area contributed by atoms with Gasteiger partial charge in [0.25, 0.3) is 0 Å². The first-order chi connectivity index (χ1) is 19.8. The number of carbonyl (C=O) groups is 2. The molecule has 9 heteroatoms. The fourth-order valence-corrected chi connectivity index (χ4v) is 9.82. The van der Waals surface area contributed by atoms with Crippen molar-refractivity contribution in [1.82, 2.24) is 26.2 Å². The summed E-state index contributed by atoms with van der Waals surface area (Å²) in [6.07, 6.45) is 11.5. The van der Waals surface area contributed by atoms with Crippen LogP contribution in [0.3, 0.4) is 0 Å². The van der Waals surface area contributed by atoms with Crippen LogP contribution in [-0.4, -0.2) is 74.7 Å². The Morgan fingerprint density at radius 3 is 2.31 bits per heavy atom. The van der Waals surface area contributed by atoms with E-state index >= 15 is 0 Å². The van der Waals surface area contributed by atoms with E-state index in [0.717, 1.165) is 95.0 Å². The zero-order chi connectivity index (χ0) is 30.7. The number of rotatable bonds is 13. The average molecular weight is 602 g/mol. The maximum Gasteiger partial charge on any atom is 0.315 e. The van der Waals surface area contributed by atoms with Crippen molar-refractivity contribution in [3.63, 3.8) is 0 Å². The minimum Gasteiger partial charge on any atom is -0.383 e. The van der Waals surface area contributed by atoms with E-state index in [9.17, 15) is 13.8 Å². The van der Waals surface area contributed by atoms with Gasteiger partial charge in [0.05, 0.1) is 22.9 Å². The molecule has 2 aliphatic heterocycles. The van der Waals surface area contributed by atoms with Crippen LogP contribution in [0.1, 0.15) is 97.8 Å². The summed E-state index contributed by atoms with van der Waals surface area (Å²) in [4.78, 5) is 28.5. The number of hydrogen-bond donors (Lipinski definition) is 4. The predicted octanol–water partition coefficient (Wildman–Crippen LogP) is 4.59. The third kappa shape index (κ3) is 7.37. The van der Waals surface area contributed by atoms with Gasteiger partial charge >= 0.3 is 6.03 Å². The SMILES string of the molecule is C=C(CNC(=C)C1CCCN1C(=C)C(NC(=O)NC1(C2CCCS2(=C)=O)CCCCC1)C(C)(C)CC)C(=O)NC1CC1. The van der Waals surface area contributed by atoms with Gasteiger partial charge in [0.1, 0.15) is 0 Å². The molecule has 2 saturated carbocycles. The first-order valence-corrected chi connectivity index (χ1v) is 18.0. The van der Waals surface area contributed by atoms with Crippen molar-refractivity contribution in [3.05, 3.63) is 36.7 Å². The summed E-state index contributed by atoms with van der Waals surface area (Å²) in [5.41, 5.74) is 1.48. The lowest BCUT2D eigenvalue weighted by atomic mass is 9.77. The summed E-state index contributed by atoms with van der Waals surface area (Å²) >= 11 is 0. The number of hydrogen-bond acceptors (Lipinski definition) is 5. The first-order valence-electron chi connectivity index (χ1n) is 16.1. The van der Waals surface area contributed by atoms with E-state index in [0.29, 0.717) is 23.9 Å². The summed E-state index contributed by atoms with van der Waals surface area (Å²) in [6.45, 7) is 20.5. The van der Waals surface area contributed by atoms with Gasteiger partial charge in [0.2, 0.25) is 5.91 Å². The van der Waals surface area contributed by atoms with Crippen molar-refractivity contribution >= 4 is 27.3 Å². The number of carbonyl (C=O) groups excluding carboxylic acids is 2. The summed E-state index contributed by atoms with van der Waals surface area (Å²) in [6, 6.07) is -0.208. The van der Waals surface area contributed by atoms with Crippen LogP contribution in [0.15, 0.2) is 36.7 Å². The van der Waals surface area contributed by atoms with Crippen LogP contribution in [-0.2, 0) is 14.3 Å². The monoisotopic (exact) mass is 601 g/mol. The van der Waals surface area contributed by atoms with E-state index in [1.54, 1.807) is 0 Å². The molecule has 0 bridgehead atoms. The van der Waals surface area contributed by atoms with Crippen molar-refractivity contribution < 1.29 is 13.8 Å². The van der Waals surface area contributed by atoms with E-state index in [1.165, 1.54) is 0 Å². The third-order valence-corrected chi connectivity index (χ3v) is 13.0. The van der Waals surface area contributed by atoms with Gasteiger partial charge < -0.3 is 26.2 Å². The Balaban J connectivity index is 1.44. The van der Waals surface area contributed by atoms with Crippen molar-refractivity contribution in [2.24, 2.45) is 5.41 Å². The van der Waals surface area contributed by atoms with Crippen LogP contribution in [0, 0.1) is 5.41 Å². The van der Waals surface area contributed by atoms with Crippen molar-refractivity contribution in [2.45, 2.75) is 127 Å². The predicted molar refractivity (Wildman–Crippen MR) is 175 cm³/mol. The largest absolute Gasteiger partial charge is 0.383 e. The molecule has 3 amide bonds. The van der Waals surface area contributed by atoms with Crippen LogP contribution >= 0.6 is 0 Å². The van der Waals surface area contributed by atoms with E-state index in [1.807, 2.05) is 0 Å². The molecule has 0 radical (unpaired) electrons. The molecule has 4 aliphatic rings. The van der Waals surface area contributed by atoms with Gasteiger partial charge in [-0.3, -0.25) is 9.00 Å². The lowest BCUT2D eigenvalue weighted by Crippen LogP contribution is -2.63. The molecular formula is C33H55N5O3S. The molecule has 4 rings (SSSR count). The van der Waals surface area contributed by atoms with Crippen LogP contribution in [0.4, 0.5) is 4.79 Å². The summed E-state index contributed by atoms with van der Waals surface area (Å²) < 4.78 is 13.5. The van der Waals surface area contributed by atoms with Crippen molar-refractivity contribution in [2.75, 3.05) is 18.8 Å². The average Bonchev–Trinajstić information content (AvgIpc) is 3.48. The Kier molecular flexibility index (Phi) is 10.1. The fraction of sp³-hybridized carbons (Fsp3) is 0.727. The molecule has 2 aliphatic carbocycles. The molecule has 8 nitrogen and oxygen atoms in total. The molecule has 0 spiro atoms. The molecular weight excluding hydrogens is 546 g/mol. The van der Waals surface area contributed by atoms with E-state index in [2.05, 4.69) is 72.5 Å². The van der Waals surface area contributed by atoms with Crippen molar-refractivity contribution in [1.29, 1.82) is 0 Å². The van der Waals surface area contributed by atoms with E-state index in [-0.39, 0.29) is 34.7 Å². The van der Waals surface area contributed by atoms with Gasteiger partial charge in [-0.05, 0) is 78.6 Å². The molecule has 0 aromatic carbocycles. The normalized spacial score (nSPS) is 28.0. The molecule has 42 heavy (non-hydrogen) atoms. The summed E-state index contributed by atoms with van der Waals surface area (Å²) in [7, 11) is -2.23. The van der Waals surface area contributed by atoms with Crippen LogP contribution < -0.4 is 21.3 Å². The highest BCUT2D eigenvalue weighted by Crippen LogP contribution is 2.40. The molecule has 4 unspecified atom stereocenters. The van der Waals surface area contributed by atoms with Crippen LogP contribution in [0.5, 0.6) is 0 Å². The van der Waals surface area contributed by atoms with Gasteiger partial charge in [-0.1, -0.05) is 59.8 Å². The Morgan fingerprint density at radius 2 is 1.71 bits per heavy atom. The molecule has 2 saturated heterocycles. The maximum atomic E-state index is 13.8. The number of nitrogens with zero attached hydrogens (tertiary/aromatic N) is 1. The molecule has 2 heterocycles. The molecule has 0 aromatic rings. The third-order valence-electron chi connectivity index (χ3n) is 10.3. The molecule has 4 N–H and O–H groups in total. The summed E-state index contributed by atoms with van der Waals surface area (Å²) in [5.74, 6) is 4.69. The second-order valence-corrected chi connectivity index (χ2v) is 16.6. The maximum absolute atomic E-state index is 13.8. The van der Waals surface area contributed by atoms with Gasteiger partial charge in [0.15, 0.2) is 0 Å². The number of nitrogens with one attached hydrogen (secondary N) is 4. The fourth-order valence-electron chi connectivity index (χ4n) is 7.17. The van der Waals surface area contributed by atoms with E-state index < -0.39 is 15.1 Å². The first kappa shape index (κ1) is 32.5. The van der Waals surface area contributed by atoms with Gasteiger partial charge in [0, 0.05) is 41.9 Å². The number of amides is 3. The second kappa shape index (κ2) is 13.1. The number of likely N-dealkylation sites (tertiary alicyclic amines) is 1. The highest BCUT2D eigenvalue weighted by atomic mass is 32.2. The van der Waals surface area contributed by atoms with E-state index in [4.69, 9.17) is 0 Å². The Hall–Kier alpha value is -2.42. The topological polar surface area (TPSA) is 103 Å². The zero-order valence-corrected chi connectivity index (χ0v) is 27.1. The molecule has 4 atom stereocenters. The smallest absolute Gasteiger partial charge is 0.315 e. The Morgan fingerprint density at radius 1 is 1.02 bits per heavy atom. The van der Waals surface area contributed by atoms with Gasteiger partial charge in [-0.2, -0.15) is 0 Å². The standard InChI is InChI=1S/C33H55N5O3S/c1-8-32(5,6)29(36-31(40)37-33(18-10-9-11-19-33)28-15-13-21-42(28,7)41)25(4)38-20-12-14-27(38)24(3)34-22-23(2)30(39)35-26-16-17-26/h26-29,34H,2-4,7-22H2,1,5-6H3,(H,35,39)(H2,36,37,40). The molecule has 236 valence electrons. The molecule has 4 fully saturated rings. The highest BCUT2D eigenvalue weighted by molar-refractivity contribution is 8.01. The minimum absolute atomic E-state index is 0.0100. The number of urea groups is 1. The Labute approximate surface area is 254 Å². The summed E-state index contributed by atoms with van der Waals surface area (Å²) in [5, 5.41) is 13.0. The minimum atomic E-state index is -2.23. The van der Waals surface area contributed by atoms with Crippen molar-refractivity contribution in [3.8, 4) is 0 Å². The lowest BCUT2D eigenvalue weighted by Gasteiger charge is -2.45. The molecule has 0 aromatic heterocycles. The van der Waals surface area contributed by atoms with Gasteiger partial charge in [-0.25, -0.2) is 4.79 Å². The quantitative estimate of drug-likeness (QED) is 0.183.